The van der Waals surface area contributed by atoms with Gasteiger partial charge >= 0.3 is 6.18 Å². The summed E-state index contributed by atoms with van der Waals surface area (Å²) in [7, 11) is 0. The Kier molecular flexibility index (Phi) is 4.14. The molecular weight excluding hydrogens is 269 g/mol. The van der Waals surface area contributed by atoms with Crippen LogP contribution in [0.2, 0.25) is 0 Å². The van der Waals surface area contributed by atoms with E-state index in [-0.39, 0.29) is 18.4 Å². The lowest BCUT2D eigenvalue weighted by Crippen LogP contribution is -2.41. The van der Waals surface area contributed by atoms with E-state index in [1.807, 2.05) is 20.8 Å². The van der Waals surface area contributed by atoms with Crippen LogP contribution in [0.15, 0.2) is 10.6 Å². The second-order valence-electron chi connectivity index (χ2n) is 6.48. The van der Waals surface area contributed by atoms with Gasteiger partial charge in [-0.3, -0.25) is 4.90 Å². The molecule has 114 valence electrons. The molecule has 0 radical (unpaired) electrons. The molecule has 0 saturated carbocycles. The average molecular weight is 290 g/mol. The lowest BCUT2D eigenvalue weighted by Gasteiger charge is -2.32. The van der Waals surface area contributed by atoms with Gasteiger partial charge < -0.3 is 4.42 Å². The molecule has 0 unspecified atom stereocenters. The third kappa shape index (κ3) is 3.75. The van der Waals surface area contributed by atoms with Crippen LogP contribution < -0.4 is 0 Å². The summed E-state index contributed by atoms with van der Waals surface area (Å²) in [5, 5.41) is 0. The molecule has 1 saturated heterocycles. The number of halogens is 3. The second-order valence-corrected chi connectivity index (χ2v) is 6.48. The highest BCUT2D eigenvalue weighted by Crippen LogP contribution is 2.33. The van der Waals surface area contributed by atoms with Gasteiger partial charge in [0.1, 0.15) is 5.76 Å². The second kappa shape index (κ2) is 5.39. The van der Waals surface area contributed by atoms with E-state index < -0.39 is 12.1 Å². The Morgan fingerprint density at radius 2 is 2.05 bits per heavy atom. The van der Waals surface area contributed by atoms with E-state index in [2.05, 4.69) is 4.98 Å². The molecule has 1 atom stereocenters. The van der Waals surface area contributed by atoms with Crippen LogP contribution in [-0.4, -0.2) is 29.1 Å². The number of oxazole rings is 1. The van der Waals surface area contributed by atoms with Gasteiger partial charge in [0.15, 0.2) is 0 Å². The standard InChI is InChI=1S/C14H21F3N2O/c1-13(2,3)11-7-18-12(20-11)9-19-6-4-5-10(8-19)14(15,16)17/h7,10H,4-6,8-9H2,1-3H3/t10-/m0/s1. The van der Waals surface area contributed by atoms with Gasteiger partial charge in [0, 0.05) is 12.0 Å². The summed E-state index contributed by atoms with van der Waals surface area (Å²) in [5.41, 5.74) is -0.137. The molecule has 0 spiro atoms. The number of hydrogen-bond acceptors (Lipinski definition) is 3. The number of nitrogens with zero attached hydrogens (tertiary/aromatic N) is 2. The first-order valence-corrected chi connectivity index (χ1v) is 6.90. The number of piperidine rings is 1. The van der Waals surface area contributed by atoms with Crippen molar-refractivity contribution in [3.8, 4) is 0 Å². The molecule has 2 rings (SSSR count). The summed E-state index contributed by atoms with van der Waals surface area (Å²) in [6, 6.07) is 0. The molecule has 0 aliphatic carbocycles. The van der Waals surface area contributed by atoms with Crippen molar-refractivity contribution in [3.05, 3.63) is 17.8 Å². The largest absolute Gasteiger partial charge is 0.444 e. The van der Waals surface area contributed by atoms with E-state index in [9.17, 15) is 13.2 Å². The van der Waals surface area contributed by atoms with Gasteiger partial charge in [0.2, 0.25) is 5.89 Å². The first-order chi connectivity index (χ1) is 9.16. The van der Waals surface area contributed by atoms with Crippen LogP contribution in [0.25, 0.3) is 0 Å². The summed E-state index contributed by atoms with van der Waals surface area (Å²) < 4.78 is 43.9. The Bertz CT molecular complexity index is 448. The van der Waals surface area contributed by atoms with E-state index in [1.165, 1.54) is 0 Å². The normalized spacial score (nSPS) is 22.2. The predicted molar refractivity (Wildman–Crippen MR) is 69.3 cm³/mol. The third-order valence-corrected chi connectivity index (χ3v) is 3.62. The molecule has 1 aliphatic heterocycles. The highest BCUT2D eigenvalue weighted by molar-refractivity contribution is 5.06. The fraction of sp³-hybridized carbons (Fsp3) is 0.786. The molecule has 1 aromatic heterocycles. The van der Waals surface area contributed by atoms with Crippen molar-refractivity contribution >= 4 is 0 Å². The number of aromatic nitrogens is 1. The predicted octanol–water partition coefficient (Wildman–Crippen LogP) is 3.75. The van der Waals surface area contributed by atoms with E-state index in [1.54, 1.807) is 11.1 Å². The van der Waals surface area contributed by atoms with Crippen molar-refractivity contribution in [1.29, 1.82) is 0 Å². The van der Waals surface area contributed by atoms with E-state index in [0.717, 1.165) is 5.76 Å². The quantitative estimate of drug-likeness (QED) is 0.830. The van der Waals surface area contributed by atoms with Crippen molar-refractivity contribution < 1.29 is 17.6 Å². The summed E-state index contributed by atoms with van der Waals surface area (Å²) in [5.74, 6) is 0.0305. The molecule has 0 bridgehead atoms. The van der Waals surface area contributed by atoms with Crippen LogP contribution in [0.4, 0.5) is 13.2 Å². The van der Waals surface area contributed by atoms with Gasteiger partial charge in [-0.25, -0.2) is 4.98 Å². The first kappa shape index (κ1) is 15.4. The van der Waals surface area contributed by atoms with Crippen molar-refractivity contribution in [2.45, 2.75) is 51.7 Å². The minimum atomic E-state index is -4.11. The summed E-state index contributed by atoms with van der Waals surface area (Å²) in [4.78, 5) is 5.95. The van der Waals surface area contributed by atoms with E-state index >= 15 is 0 Å². The Labute approximate surface area is 117 Å². The summed E-state index contributed by atoms with van der Waals surface area (Å²) >= 11 is 0. The topological polar surface area (TPSA) is 29.3 Å². The maximum absolute atomic E-state index is 12.7. The van der Waals surface area contributed by atoms with Crippen LogP contribution >= 0.6 is 0 Å². The fourth-order valence-corrected chi connectivity index (χ4v) is 2.39. The van der Waals surface area contributed by atoms with Crippen molar-refractivity contribution in [1.82, 2.24) is 9.88 Å². The Balaban J connectivity index is 1.98. The number of rotatable bonds is 2. The minimum Gasteiger partial charge on any atom is -0.444 e. The molecule has 3 nitrogen and oxygen atoms in total. The zero-order valence-corrected chi connectivity index (χ0v) is 12.1. The lowest BCUT2D eigenvalue weighted by atomic mass is 9.94. The van der Waals surface area contributed by atoms with Crippen LogP contribution in [0.5, 0.6) is 0 Å². The third-order valence-electron chi connectivity index (χ3n) is 3.62. The van der Waals surface area contributed by atoms with Crippen LogP contribution in [-0.2, 0) is 12.0 Å². The van der Waals surface area contributed by atoms with Crippen LogP contribution in [0.1, 0.15) is 45.3 Å². The van der Waals surface area contributed by atoms with Gasteiger partial charge in [0.25, 0.3) is 0 Å². The van der Waals surface area contributed by atoms with Gasteiger partial charge in [-0.2, -0.15) is 13.2 Å². The molecule has 0 aromatic carbocycles. The average Bonchev–Trinajstić information content (AvgIpc) is 2.76. The lowest BCUT2D eigenvalue weighted by molar-refractivity contribution is -0.187. The number of alkyl halides is 3. The first-order valence-electron chi connectivity index (χ1n) is 6.90. The monoisotopic (exact) mass is 290 g/mol. The van der Waals surface area contributed by atoms with Gasteiger partial charge in [-0.05, 0) is 19.4 Å². The Morgan fingerprint density at radius 3 is 2.60 bits per heavy atom. The zero-order chi connectivity index (χ0) is 15.0. The fourth-order valence-electron chi connectivity index (χ4n) is 2.39. The Morgan fingerprint density at radius 1 is 1.35 bits per heavy atom. The van der Waals surface area contributed by atoms with Crippen molar-refractivity contribution in [2.75, 3.05) is 13.1 Å². The highest BCUT2D eigenvalue weighted by atomic mass is 19.4. The van der Waals surface area contributed by atoms with Gasteiger partial charge in [0.05, 0.1) is 18.7 Å². The minimum absolute atomic E-state index is 0.0384. The maximum atomic E-state index is 12.7. The van der Waals surface area contributed by atoms with Crippen LogP contribution in [0.3, 0.4) is 0 Å². The molecule has 1 aromatic rings. The number of likely N-dealkylation sites (tertiary alicyclic amines) is 1. The molecular formula is C14H21F3N2O. The maximum Gasteiger partial charge on any atom is 0.393 e. The Hall–Kier alpha value is -1.04. The SMILES string of the molecule is CC(C)(C)c1cnc(CN2CCC[C@H](C(F)(F)F)C2)o1. The van der Waals surface area contributed by atoms with Gasteiger partial charge in [-0.1, -0.05) is 20.8 Å². The zero-order valence-electron chi connectivity index (χ0n) is 12.1. The molecule has 1 fully saturated rings. The molecule has 0 N–H and O–H groups in total. The van der Waals surface area contributed by atoms with E-state index in [4.69, 9.17) is 4.42 Å². The van der Waals surface area contributed by atoms with E-state index in [0.29, 0.717) is 25.4 Å². The highest BCUT2D eigenvalue weighted by Gasteiger charge is 2.41. The van der Waals surface area contributed by atoms with Crippen LogP contribution in [0, 0.1) is 5.92 Å². The summed E-state index contributed by atoms with van der Waals surface area (Å²) in [6.45, 7) is 7.09. The molecule has 2 heterocycles. The molecule has 0 amide bonds. The molecule has 20 heavy (non-hydrogen) atoms. The smallest absolute Gasteiger partial charge is 0.393 e. The molecule has 6 heteroatoms. The number of hydrogen-bond donors (Lipinski definition) is 0. The molecule has 1 aliphatic rings. The van der Waals surface area contributed by atoms with Gasteiger partial charge in [-0.15, -0.1) is 0 Å². The van der Waals surface area contributed by atoms with Crippen molar-refractivity contribution in [3.63, 3.8) is 0 Å². The summed E-state index contributed by atoms with van der Waals surface area (Å²) in [6.07, 6.45) is -1.65. The van der Waals surface area contributed by atoms with Crippen molar-refractivity contribution in [2.24, 2.45) is 5.92 Å².